The molecule has 128 valence electrons. The van der Waals surface area contributed by atoms with Gasteiger partial charge in [0.15, 0.2) is 10.9 Å². The molecule has 3 heterocycles. The van der Waals surface area contributed by atoms with E-state index >= 15 is 0 Å². The van der Waals surface area contributed by atoms with Gasteiger partial charge in [-0.2, -0.15) is 0 Å². The normalized spacial score (nSPS) is 14.3. The zero-order chi connectivity index (χ0) is 17.2. The Morgan fingerprint density at radius 1 is 1.32 bits per heavy atom. The van der Waals surface area contributed by atoms with E-state index in [1.807, 2.05) is 36.4 Å². The third-order valence-electron chi connectivity index (χ3n) is 4.43. The molecule has 0 bridgehead atoms. The fourth-order valence-corrected chi connectivity index (χ4v) is 4.10. The monoisotopic (exact) mass is 353 g/mol. The molecule has 0 saturated heterocycles. The first kappa shape index (κ1) is 16.1. The summed E-state index contributed by atoms with van der Waals surface area (Å²) in [6.45, 7) is 5.13. The van der Waals surface area contributed by atoms with Gasteiger partial charge in [0.05, 0.1) is 12.0 Å². The molecular formula is C19H19N3O2S. The molecule has 5 nitrogen and oxygen atoms in total. The fourth-order valence-electron chi connectivity index (χ4n) is 3.06. The molecule has 0 radical (unpaired) electrons. The number of thiazole rings is 1. The van der Waals surface area contributed by atoms with Crippen LogP contribution in [-0.2, 0) is 13.0 Å². The van der Waals surface area contributed by atoms with Gasteiger partial charge < -0.3 is 4.42 Å². The summed E-state index contributed by atoms with van der Waals surface area (Å²) in [4.78, 5) is 20.9. The summed E-state index contributed by atoms with van der Waals surface area (Å²) < 4.78 is 5.45. The van der Waals surface area contributed by atoms with Crippen LogP contribution in [0.1, 0.15) is 28.0 Å². The van der Waals surface area contributed by atoms with Crippen LogP contribution in [0.15, 0.2) is 47.1 Å². The Bertz CT molecular complexity index is 885. The number of benzene rings is 1. The number of nitrogens with zero attached hydrogens (tertiary/aromatic N) is 2. The van der Waals surface area contributed by atoms with Crippen molar-refractivity contribution < 1.29 is 9.21 Å². The number of amides is 1. The van der Waals surface area contributed by atoms with Gasteiger partial charge in [-0.25, -0.2) is 4.98 Å². The standard InChI is InChI=1S/C19H19N3O2S/c1-2-22-10-8-15-16(12-22)25-19(20-15)21-18(23)17-14(9-11-24-17)13-6-4-3-5-7-13/h3-7,9,11H,2,8,10,12H2,1H3,(H,20,21,23). The number of hydrogen-bond donors (Lipinski definition) is 1. The SMILES string of the molecule is CCN1CCc2nc(NC(=O)c3occc3-c3ccccc3)sc2C1. The molecule has 3 aromatic rings. The molecule has 0 aliphatic carbocycles. The minimum absolute atomic E-state index is 0.262. The van der Waals surface area contributed by atoms with Crippen molar-refractivity contribution in [2.24, 2.45) is 0 Å². The molecule has 1 N–H and O–H groups in total. The Balaban J connectivity index is 1.54. The number of aromatic nitrogens is 1. The maximum atomic E-state index is 12.7. The smallest absolute Gasteiger partial charge is 0.293 e. The average molecular weight is 353 g/mol. The highest BCUT2D eigenvalue weighted by Gasteiger charge is 2.22. The number of anilines is 1. The van der Waals surface area contributed by atoms with Crippen LogP contribution in [0.25, 0.3) is 11.1 Å². The van der Waals surface area contributed by atoms with Crippen molar-refractivity contribution in [2.45, 2.75) is 19.9 Å². The highest BCUT2D eigenvalue weighted by Crippen LogP contribution is 2.30. The van der Waals surface area contributed by atoms with Gasteiger partial charge in [-0.15, -0.1) is 11.3 Å². The molecule has 1 aromatic carbocycles. The highest BCUT2D eigenvalue weighted by atomic mass is 32.1. The van der Waals surface area contributed by atoms with Crippen LogP contribution in [0.3, 0.4) is 0 Å². The number of nitrogens with one attached hydrogen (secondary N) is 1. The van der Waals surface area contributed by atoms with Crippen molar-refractivity contribution in [3.8, 4) is 11.1 Å². The first-order chi connectivity index (χ1) is 12.2. The van der Waals surface area contributed by atoms with Crippen molar-refractivity contribution >= 4 is 22.4 Å². The second-order valence-corrected chi connectivity index (χ2v) is 7.07. The first-order valence-corrected chi connectivity index (χ1v) is 9.21. The molecular weight excluding hydrogens is 334 g/mol. The predicted octanol–water partition coefficient (Wildman–Crippen LogP) is 4.03. The number of furan rings is 1. The number of fused-ring (bicyclic) bond motifs is 1. The molecule has 6 heteroatoms. The van der Waals surface area contributed by atoms with Crippen LogP contribution in [0.4, 0.5) is 5.13 Å². The van der Waals surface area contributed by atoms with Gasteiger partial charge in [0.2, 0.25) is 0 Å². The summed E-state index contributed by atoms with van der Waals surface area (Å²) in [5.74, 6) is 0.0526. The summed E-state index contributed by atoms with van der Waals surface area (Å²) in [6.07, 6.45) is 2.48. The minimum Gasteiger partial charge on any atom is -0.459 e. The second kappa shape index (κ2) is 6.82. The number of likely N-dealkylation sites (N-methyl/N-ethyl adjacent to an activating group) is 1. The Hall–Kier alpha value is -2.44. The predicted molar refractivity (Wildman–Crippen MR) is 98.9 cm³/mol. The Morgan fingerprint density at radius 2 is 2.16 bits per heavy atom. The van der Waals surface area contributed by atoms with E-state index in [0.29, 0.717) is 10.9 Å². The molecule has 1 aliphatic heterocycles. The van der Waals surface area contributed by atoms with Gasteiger partial charge in [-0.05, 0) is 18.2 Å². The Kier molecular flexibility index (Phi) is 4.38. The molecule has 1 amide bonds. The Labute approximate surface area is 150 Å². The van der Waals surface area contributed by atoms with E-state index in [1.54, 1.807) is 17.6 Å². The highest BCUT2D eigenvalue weighted by molar-refractivity contribution is 7.15. The van der Waals surface area contributed by atoms with Crippen LogP contribution in [0.5, 0.6) is 0 Å². The molecule has 4 rings (SSSR count). The quantitative estimate of drug-likeness (QED) is 0.769. The summed E-state index contributed by atoms with van der Waals surface area (Å²) in [5, 5.41) is 3.54. The molecule has 0 saturated carbocycles. The minimum atomic E-state index is -0.262. The van der Waals surface area contributed by atoms with E-state index in [4.69, 9.17) is 4.42 Å². The van der Waals surface area contributed by atoms with E-state index in [9.17, 15) is 4.79 Å². The number of hydrogen-bond acceptors (Lipinski definition) is 5. The Morgan fingerprint density at radius 3 is 2.96 bits per heavy atom. The zero-order valence-corrected chi connectivity index (χ0v) is 14.8. The molecule has 25 heavy (non-hydrogen) atoms. The molecule has 1 aliphatic rings. The van der Waals surface area contributed by atoms with Gasteiger partial charge in [-0.3, -0.25) is 15.0 Å². The molecule has 0 unspecified atom stereocenters. The lowest BCUT2D eigenvalue weighted by Crippen LogP contribution is -2.29. The van der Waals surface area contributed by atoms with Crippen molar-refractivity contribution in [1.82, 2.24) is 9.88 Å². The maximum Gasteiger partial charge on any atom is 0.293 e. The lowest BCUT2D eigenvalue weighted by Gasteiger charge is -2.23. The van der Waals surface area contributed by atoms with Gasteiger partial charge in [0, 0.05) is 30.0 Å². The largest absolute Gasteiger partial charge is 0.459 e. The average Bonchev–Trinajstić information content (AvgIpc) is 3.28. The van der Waals surface area contributed by atoms with Crippen LogP contribution >= 0.6 is 11.3 Å². The second-order valence-electron chi connectivity index (χ2n) is 5.99. The molecule has 0 fully saturated rings. The number of rotatable bonds is 4. The van der Waals surface area contributed by atoms with Gasteiger partial charge in [0.1, 0.15) is 0 Å². The van der Waals surface area contributed by atoms with Gasteiger partial charge in [-0.1, -0.05) is 37.3 Å². The van der Waals surface area contributed by atoms with Gasteiger partial charge in [0.25, 0.3) is 5.91 Å². The topological polar surface area (TPSA) is 58.4 Å². The third-order valence-corrected chi connectivity index (χ3v) is 5.43. The van der Waals surface area contributed by atoms with E-state index in [0.717, 1.165) is 42.9 Å². The van der Waals surface area contributed by atoms with Crippen LogP contribution in [0, 0.1) is 0 Å². The van der Waals surface area contributed by atoms with Crippen LogP contribution in [-0.4, -0.2) is 28.9 Å². The van der Waals surface area contributed by atoms with Crippen LogP contribution < -0.4 is 5.32 Å². The first-order valence-electron chi connectivity index (χ1n) is 8.40. The lowest BCUT2D eigenvalue weighted by molar-refractivity contribution is 0.0997. The van der Waals surface area contributed by atoms with Crippen molar-refractivity contribution in [3.05, 3.63) is 59.0 Å². The van der Waals surface area contributed by atoms with Crippen molar-refractivity contribution in [3.63, 3.8) is 0 Å². The number of carbonyl (C=O) groups is 1. The van der Waals surface area contributed by atoms with E-state index in [2.05, 4.69) is 22.1 Å². The third kappa shape index (κ3) is 3.23. The molecule has 0 spiro atoms. The summed E-state index contributed by atoms with van der Waals surface area (Å²) in [5.41, 5.74) is 2.85. The lowest BCUT2D eigenvalue weighted by atomic mass is 10.1. The summed E-state index contributed by atoms with van der Waals surface area (Å²) >= 11 is 1.56. The molecule has 0 atom stereocenters. The van der Waals surface area contributed by atoms with Crippen LogP contribution in [0.2, 0.25) is 0 Å². The maximum absolute atomic E-state index is 12.7. The zero-order valence-electron chi connectivity index (χ0n) is 14.0. The summed E-state index contributed by atoms with van der Waals surface area (Å²) in [6, 6.07) is 11.6. The van der Waals surface area contributed by atoms with Crippen molar-refractivity contribution in [1.29, 1.82) is 0 Å². The fraction of sp³-hybridized carbons (Fsp3) is 0.263. The summed E-state index contributed by atoms with van der Waals surface area (Å²) in [7, 11) is 0. The van der Waals surface area contributed by atoms with E-state index < -0.39 is 0 Å². The van der Waals surface area contributed by atoms with Gasteiger partial charge >= 0.3 is 0 Å². The van der Waals surface area contributed by atoms with Crippen molar-refractivity contribution in [2.75, 3.05) is 18.4 Å². The number of carbonyl (C=O) groups excluding carboxylic acids is 1. The molecule has 2 aromatic heterocycles. The van der Waals surface area contributed by atoms with E-state index in [-0.39, 0.29) is 5.91 Å². The van der Waals surface area contributed by atoms with E-state index in [1.165, 1.54) is 4.88 Å².